The van der Waals surface area contributed by atoms with E-state index >= 15 is 0 Å². The average Bonchev–Trinajstić information content (AvgIpc) is 3.56. The highest BCUT2D eigenvalue weighted by atomic mass is 16.5. The summed E-state index contributed by atoms with van der Waals surface area (Å²) in [4.78, 5) is 35.9. The Labute approximate surface area is 197 Å². The molecule has 0 saturated heterocycles. The number of aromatic nitrogens is 4. The van der Waals surface area contributed by atoms with E-state index in [0.717, 1.165) is 53.7 Å². The zero-order valence-corrected chi connectivity index (χ0v) is 19.6. The predicted octanol–water partition coefficient (Wildman–Crippen LogP) is 4.02. The molecule has 0 unspecified atom stereocenters. The highest BCUT2D eigenvalue weighted by molar-refractivity contribution is 5.91. The number of Topliss-reactive ketones (excluding diaryl/α,β-unsaturated/α-hetero) is 1. The molecule has 1 atom stereocenters. The summed E-state index contributed by atoms with van der Waals surface area (Å²) in [5.41, 5.74) is 2.47. The molecule has 4 rings (SSSR count). The third kappa shape index (κ3) is 4.94. The number of carbonyl (C=O) groups is 1. The van der Waals surface area contributed by atoms with Gasteiger partial charge in [-0.05, 0) is 37.4 Å². The number of ketones is 1. The van der Waals surface area contributed by atoms with Gasteiger partial charge in [-0.1, -0.05) is 12.8 Å². The number of imidazole rings is 1. The Balaban J connectivity index is 1.42. The molecule has 0 aliphatic carbocycles. The SMILES string of the molecule is CN[C@@H](CCCCCC(=O)c1ncco1)c1ncc(-c2cc3ccc(=O)n(C)c3cc2OC)[nH]1. The van der Waals surface area contributed by atoms with Crippen molar-refractivity contribution in [2.75, 3.05) is 14.2 Å². The van der Waals surface area contributed by atoms with Gasteiger partial charge in [0, 0.05) is 31.2 Å². The third-order valence-corrected chi connectivity index (χ3v) is 6.08. The van der Waals surface area contributed by atoms with Crippen molar-refractivity contribution in [1.29, 1.82) is 0 Å². The summed E-state index contributed by atoms with van der Waals surface area (Å²) in [5.74, 6) is 1.63. The summed E-state index contributed by atoms with van der Waals surface area (Å²) in [6.07, 6.45) is 8.69. The Bertz CT molecular complexity index is 1320. The molecule has 3 heterocycles. The van der Waals surface area contributed by atoms with Crippen LogP contribution in [0.2, 0.25) is 0 Å². The van der Waals surface area contributed by atoms with E-state index in [1.54, 1.807) is 31.0 Å². The van der Waals surface area contributed by atoms with Crippen molar-refractivity contribution in [3.05, 3.63) is 65.0 Å². The lowest BCUT2D eigenvalue weighted by atomic mass is 10.1. The molecule has 34 heavy (non-hydrogen) atoms. The van der Waals surface area contributed by atoms with Crippen molar-refractivity contribution in [2.45, 2.75) is 38.1 Å². The van der Waals surface area contributed by atoms with E-state index in [4.69, 9.17) is 9.15 Å². The Kier molecular flexibility index (Phi) is 7.22. The number of rotatable bonds is 11. The van der Waals surface area contributed by atoms with E-state index in [1.807, 2.05) is 25.2 Å². The standard InChI is InChI=1S/C25H29N5O4/c1-26-18(7-5-4-6-8-21(31)25-27-11-12-34-25)24-28-15-19(29-24)17-13-16-9-10-23(32)30(2)20(16)14-22(17)33-3/h9-15,18,26H,4-8H2,1-3H3,(H,28,29)/t18-/m0/s1. The largest absolute Gasteiger partial charge is 0.496 e. The second kappa shape index (κ2) is 10.5. The van der Waals surface area contributed by atoms with E-state index in [-0.39, 0.29) is 23.3 Å². The van der Waals surface area contributed by atoms with E-state index < -0.39 is 0 Å². The van der Waals surface area contributed by atoms with Crippen LogP contribution in [-0.2, 0) is 7.05 Å². The number of H-pyrrole nitrogens is 1. The van der Waals surface area contributed by atoms with Crippen molar-refractivity contribution in [2.24, 2.45) is 7.05 Å². The fourth-order valence-corrected chi connectivity index (χ4v) is 4.13. The number of carbonyl (C=O) groups excluding carboxylic acids is 1. The second-order valence-electron chi connectivity index (χ2n) is 8.23. The lowest BCUT2D eigenvalue weighted by Crippen LogP contribution is -2.17. The monoisotopic (exact) mass is 463 g/mol. The maximum atomic E-state index is 12.0. The molecule has 3 aromatic heterocycles. The van der Waals surface area contributed by atoms with Gasteiger partial charge in [-0.15, -0.1) is 0 Å². The van der Waals surface area contributed by atoms with Gasteiger partial charge in [0.1, 0.15) is 17.8 Å². The van der Waals surface area contributed by atoms with Crippen LogP contribution >= 0.6 is 0 Å². The van der Waals surface area contributed by atoms with Crippen molar-refractivity contribution >= 4 is 16.7 Å². The number of unbranched alkanes of at least 4 members (excludes halogenated alkanes) is 2. The number of nitrogens with one attached hydrogen (secondary N) is 2. The Morgan fingerprint density at radius 2 is 2.09 bits per heavy atom. The first-order valence-corrected chi connectivity index (χ1v) is 11.3. The van der Waals surface area contributed by atoms with Gasteiger partial charge in [-0.3, -0.25) is 9.59 Å². The number of nitrogens with zero attached hydrogens (tertiary/aromatic N) is 3. The van der Waals surface area contributed by atoms with Gasteiger partial charge in [0.15, 0.2) is 0 Å². The molecule has 2 N–H and O–H groups in total. The minimum absolute atomic E-state index is 0.0588. The summed E-state index contributed by atoms with van der Waals surface area (Å²) >= 11 is 0. The Hall–Kier alpha value is -3.72. The quantitative estimate of drug-likeness (QED) is 0.255. The van der Waals surface area contributed by atoms with Gasteiger partial charge in [0.05, 0.1) is 36.8 Å². The molecule has 0 spiro atoms. The normalized spacial score (nSPS) is 12.2. The van der Waals surface area contributed by atoms with Crippen LogP contribution in [0.15, 0.2) is 52.1 Å². The summed E-state index contributed by atoms with van der Waals surface area (Å²) < 4.78 is 12.3. The van der Waals surface area contributed by atoms with Crippen LogP contribution < -0.4 is 15.6 Å². The maximum Gasteiger partial charge on any atom is 0.263 e. The summed E-state index contributed by atoms with van der Waals surface area (Å²) in [6.45, 7) is 0. The van der Waals surface area contributed by atoms with E-state index in [9.17, 15) is 9.59 Å². The van der Waals surface area contributed by atoms with Gasteiger partial charge in [-0.25, -0.2) is 9.97 Å². The molecule has 178 valence electrons. The van der Waals surface area contributed by atoms with Crippen molar-refractivity contribution < 1.29 is 13.9 Å². The van der Waals surface area contributed by atoms with E-state index in [2.05, 4.69) is 20.3 Å². The second-order valence-corrected chi connectivity index (χ2v) is 8.23. The number of hydrogen-bond donors (Lipinski definition) is 2. The molecular weight excluding hydrogens is 434 g/mol. The minimum atomic E-state index is -0.0648. The Morgan fingerprint density at radius 1 is 1.24 bits per heavy atom. The van der Waals surface area contributed by atoms with Crippen LogP contribution in [0.5, 0.6) is 5.75 Å². The van der Waals surface area contributed by atoms with Gasteiger partial charge < -0.3 is 24.0 Å². The molecule has 0 bridgehead atoms. The molecule has 0 amide bonds. The zero-order chi connectivity index (χ0) is 24.1. The first kappa shape index (κ1) is 23.4. The predicted molar refractivity (Wildman–Crippen MR) is 129 cm³/mol. The lowest BCUT2D eigenvalue weighted by Gasteiger charge is -2.14. The van der Waals surface area contributed by atoms with Crippen molar-refractivity contribution in [1.82, 2.24) is 24.8 Å². The summed E-state index contributed by atoms with van der Waals surface area (Å²) in [6, 6.07) is 7.32. The van der Waals surface area contributed by atoms with Crippen LogP contribution in [0.4, 0.5) is 0 Å². The van der Waals surface area contributed by atoms with Gasteiger partial charge in [0.2, 0.25) is 5.78 Å². The number of oxazole rings is 1. The molecule has 4 aromatic rings. The Morgan fingerprint density at radius 3 is 2.82 bits per heavy atom. The number of hydrogen-bond acceptors (Lipinski definition) is 7. The third-order valence-electron chi connectivity index (χ3n) is 6.08. The number of benzene rings is 1. The summed E-state index contributed by atoms with van der Waals surface area (Å²) in [7, 11) is 5.28. The first-order valence-electron chi connectivity index (χ1n) is 11.3. The minimum Gasteiger partial charge on any atom is -0.496 e. The molecule has 0 aliphatic heterocycles. The smallest absolute Gasteiger partial charge is 0.263 e. The number of methoxy groups -OCH3 is 1. The van der Waals surface area contributed by atoms with Crippen LogP contribution in [0.3, 0.4) is 0 Å². The van der Waals surface area contributed by atoms with Crippen LogP contribution in [0, 0.1) is 0 Å². The van der Waals surface area contributed by atoms with Crippen molar-refractivity contribution in [3.63, 3.8) is 0 Å². The maximum absolute atomic E-state index is 12.0. The summed E-state index contributed by atoms with van der Waals surface area (Å²) in [5, 5.41) is 4.27. The van der Waals surface area contributed by atoms with Gasteiger partial charge in [-0.2, -0.15) is 0 Å². The number of fused-ring (bicyclic) bond motifs is 1. The average molecular weight is 464 g/mol. The molecule has 1 aromatic carbocycles. The fourth-order valence-electron chi connectivity index (χ4n) is 4.13. The van der Waals surface area contributed by atoms with Gasteiger partial charge >= 0.3 is 0 Å². The van der Waals surface area contributed by atoms with Crippen LogP contribution in [0.1, 0.15) is 54.7 Å². The molecular formula is C25H29N5O4. The number of ether oxygens (including phenoxy) is 1. The topological polar surface area (TPSA) is 115 Å². The lowest BCUT2D eigenvalue weighted by molar-refractivity contribution is 0.0945. The molecule has 0 saturated carbocycles. The molecule has 9 nitrogen and oxygen atoms in total. The number of aromatic amines is 1. The first-order chi connectivity index (χ1) is 16.5. The van der Waals surface area contributed by atoms with Crippen LogP contribution in [0.25, 0.3) is 22.2 Å². The highest BCUT2D eigenvalue weighted by Gasteiger charge is 2.17. The van der Waals surface area contributed by atoms with E-state index in [0.29, 0.717) is 12.2 Å². The molecule has 0 aliphatic rings. The molecule has 0 radical (unpaired) electrons. The number of aryl methyl sites for hydroxylation is 1. The van der Waals surface area contributed by atoms with Gasteiger partial charge in [0.25, 0.3) is 11.4 Å². The number of pyridine rings is 1. The fraction of sp³-hybridized carbons (Fsp3) is 0.360. The molecule has 9 heteroatoms. The zero-order valence-electron chi connectivity index (χ0n) is 19.6. The molecule has 0 fully saturated rings. The van der Waals surface area contributed by atoms with E-state index in [1.165, 1.54) is 12.5 Å². The van der Waals surface area contributed by atoms with Crippen molar-refractivity contribution in [3.8, 4) is 17.0 Å². The van der Waals surface area contributed by atoms with Crippen LogP contribution in [-0.4, -0.2) is 39.5 Å². The highest BCUT2D eigenvalue weighted by Crippen LogP contribution is 2.33.